The van der Waals surface area contributed by atoms with E-state index >= 15 is 0 Å². The fraction of sp³-hybridized carbons (Fsp3) is 0.417. The van der Waals surface area contributed by atoms with Crippen molar-refractivity contribution in [2.24, 2.45) is 0 Å². The maximum Gasteiger partial charge on any atom is 0.320 e. The molecule has 0 saturated heterocycles. The van der Waals surface area contributed by atoms with Crippen molar-refractivity contribution in [1.29, 1.82) is 0 Å². The Balaban J connectivity index is 2.62. The number of hydrogen-bond acceptors (Lipinski definition) is 3. The van der Waals surface area contributed by atoms with Crippen molar-refractivity contribution in [3.8, 4) is 5.75 Å². The molecule has 1 aromatic carbocycles. The summed E-state index contributed by atoms with van der Waals surface area (Å²) in [4.78, 5) is 10.6. The number of benzene rings is 1. The molecule has 2 N–H and O–H groups in total. The number of nitrogens with one attached hydrogen (secondary N) is 1. The Morgan fingerprint density at radius 1 is 1.50 bits per heavy atom. The van der Waals surface area contributed by atoms with Crippen molar-refractivity contribution in [2.45, 2.75) is 26.4 Å². The highest BCUT2D eigenvalue weighted by Crippen LogP contribution is 2.17. The second kappa shape index (κ2) is 6.12. The van der Waals surface area contributed by atoms with Crippen LogP contribution < -0.4 is 10.1 Å². The molecule has 0 fully saturated rings. The minimum atomic E-state index is -0.853. The minimum absolute atomic E-state index is 0.490. The van der Waals surface area contributed by atoms with Gasteiger partial charge in [-0.1, -0.05) is 18.2 Å². The van der Waals surface area contributed by atoms with Crippen molar-refractivity contribution in [3.63, 3.8) is 0 Å². The van der Waals surface area contributed by atoms with Gasteiger partial charge in [-0.3, -0.25) is 4.79 Å². The Kier molecular flexibility index (Phi) is 4.79. The summed E-state index contributed by atoms with van der Waals surface area (Å²) in [7, 11) is 0. The Labute approximate surface area is 95.2 Å². The molecule has 0 aromatic heterocycles. The number of aliphatic carboxylic acids is 1. The number of ether oxygens (including phenoxy) is 1. The highest BCUT2D eigenvalue weighted by molar-refractivity contribution is 5.72. The second-order valence-corrected chi connectivity index (χ2v) is 3.48. The van der Waals surface area contributed by atoms with Crippen LogP contribution in [0.3, 0.4) is 0 Å². The molecule has 0 spiro atoms. The summed E-state index contributed by atoms with van der Waals surface area (Å²) < 4.78 is 5.44. The van der Waals surface area contributed by atoms with Gasteiger partial charge >= 0.3 is 5.97 Å². The van der Waals surface area contributed by atoms with Gasteiger partial charge in [-0.05, 0) is 19.9 Å². The largest absolute Gasteiger partial charge is 0.494 e. The zero-order valence-electron chi connectivity index (χ0n) is 9.56. The molecule has 4 heteroatoms. The lowest BCUT2D eigenvalue weighted by atomic mass is 10.2. The molecule has 0 aliphatic carbocycles. The standard InChI is InChI=1S/C12H17NO3/c1-3-16-11-7-5-4-6-10(11)8-13-9(2)12(14)15/h4-7,9,13H,3,8H2,1-2H3,(H,14,15). The average molecular weight is 223 g/mol. The molecule has 0 saturated carbocycles. The molecule has 16 heavy (non-hydrogen) atoms. The van der Waals surface area contributed by atoms with E-state index < -0.39 is 12.0 Å². The SMILES string of the molecule is CCOc1ccccc1CNC(C)C(=O)O. The van der Waals surface area contributed by atoms with Crippen LogP contribution >= 0.6 is 0 Å². The molecule has 0 radical (unpaired) electrons. The fourth-order valence-corrected chi connectivity index (χ4v) is 1.30. The van der Waals surface area contributed by atoms with Gasteiger partial charge in [0.15, 0.2) is 0 Å². The zero-order valence-corrected chi connectivity index (χ0v) is 9.56. The molecule has 1 aromatic rings. The van der Waals surface area contributed by atoms with Crippen molar-refractivity contribution in [2.75, 3.05) is 6.61 Å². The quantitative estimate of drug-likeness (QED) is 0.769. The molecular weight excluding hydrogens is 206 g/mol. The molecule has 0 aliphatic heterocycles. The number of para-hydroxylation sites is 1. The van der Waals surface area contributed by atoms with Crippen LogP contribution in [0, 0.1) is 0 Å². The van der Waals surface area contributed by atoms with Crippen LogP contribution in [0.5, 0.6) is 5.75 Å². The van der Waals surface area contributed by atoms with E-state index in [1.165, 1.54) is 0 Å². The highest BCUT2D eigenvalue weighted by atomic mass is 16.5. The highest BCUT2D eigenvalue weighted by Gasteiger charge is 2.10. The molecule has 4 nitrogen and oxygen atoms in total. The Morgan fingerprint density at radius 2 is 2.19 bits per heavy atom. The summed E-state index contributed by atoms with van der Waals surface area (Å²) in [5, 5.41) is 11.7. The Hall–Kier alpha value is -1.55. The van der Waals surface area contributed by atoms with E-state index in [9.17, 15) is 4.79 Å². The number of hydrogen-bond donors (Lipinski definition) is 2. The first-order chi connectivity index (χ1) is 7.65. The van der Waals surface area contributed by atoms with Crippen LogP contribution in [0.25, 0.3) is 0 Å². The van der Waals surface area contributed by atoms with Crippen LogP contribution in [-0.2, 0) is 11.3 Å². The van der Waals surface area contributed by atoms with E-state index in [4.69, 9.17) is 9.84 Å². The summed E-state index contributed by atoms with van der Waals surface area (Å²) in [6.07, 6.45) is 0. The van der Waals surface area contributed by atoms with Crippen LogP contribution in [0.2, 0.25) is 0 Å². The van der Waals surface area contributed by atoms with Gasteiger partial charge in [0, 0.05) is 12.1 Å². The third-order valence-electron chi connectivity index (χ3n) is 2.24. The smallest absolute Gasteiger partial charge is 0.320 e. The predicted octanol–water partition coefficient (Wildman–Crippen LogP) is 1.65. The lowest BCUT2D eigenvalue weighted by Crippen LogP contribution is -2.33. The maximum atomic E-state index is 10.6. The minimum Gasteiger partial charge on any atom is -0.494 e. The van der Waals surface area contributed by atoms with Crippen LogP contribution in [0.1, 0.15) is 19.4 Å². The third-order valence-corrected chi connectivity index (χ3v) is 2.24. The first-order valence-electron chi connectivity index (χ1n) is 5.32. The molecule has 0 heterocycles. The summed E-state index contributed by atoms with van der Waals surface area (Å²) in [6.45, 7) is 4.63. The average Bonchev–Trinajstić information content (AvgIpc) is 2.27. The van der Waals surface area contributed by atoms with Crippen molar-refractivity contribution in [1.82, 2.24) is 5.32 Å². The summed E-state index contributed by atoms with van der Waals surface area (Å²) in [5.74, 6) is -0.0519. The Morgan fingerprint density at radius 3 is 2.81 bits per heavy atom. The lowest BCUT2D eigenvalue weighted by Gasteiger charge is -2.12. The van der Waals surface area contributed by atoms with E-state index in [1.54, 1.807) is 6.92 Å². The number of carboxylic acid groups (broad SMARTS) is 1. The molecular formula is C12H17NO3. The number of carboxylic acids is 1. The van der Waals surface area contributed by atoms with Crippen LogP contribution in [-0.4, -0.2) is 23.7 Å². The number of carbonyl (C=O) groups is 1. The maximum absolute atomic E-state index is 10.6. The van der Waals surface area contributed by atoms with Crippen molar-refractivity contribution >= 4 is 5.97 Å². The van der Waals surface area contributed by atoms with Crippen LogP contribution in [0.15, 0.2) is 24.3 Å². The van der Waals surface area contributed by atoms with Gasteiger partial charge in [0.25, 0.3) is 0 Å². The van der Waals surface area contributed by atoms with Gasteiger partial charge in [0.2, 0.25) is 0 Å². The monoisotopic (exact) mass is 223 g/mol. The van der Waals surface area contributed by atoms with Crippen molar-refractivity contribution in [3.05, 3.63) is 29.8 Å². The van der Waals surface area contributed by atoms with E-state index in [0.29, 0.717) is 13.2 Å². The van der Waals surface area contributed by atoms with E-state index in [2.05, 4.69) is 5.32 Å². The van der Waals surface area contributed by atoms with Gasteiger partial charge in [-0.15, -0.1) is 0 Å². The lowest BCUT2D eigenvalue weighted by molar-refractivity contribution is -0.139. The van der Waals surface area contributed by atoms with E-state index in [1.807, 2.05) is 31.2 Å². The van der Waals surface area contributed by atoms with Gasteiger partial charge in [-0.25, -0.2) is 0 Å². The summed E-state index contributed by atoms with van der Waals surface area (Å²) in [6, 6.07) is 7.05. The van der Waals surface area contributed by atoms with Crippen LogP contribution in [0.4, 0.5) is 0 Å². The first kappa shape index (κ1) is 12.5. The zero-order chi connectivity index (χ0) is 12.0. The second-order valence-electron chi connectivity index (χ2n) is 3.48. The molecule has 0 aliphatic rings. The van der Waals surface area contributed by atoms with E-state index in [0.717, 1.165) is 11.3 Å². The molecule has 88 valence electrons. The van der Waals surface area contributed by atoms with Gasteiger partial charge < -0.3 is 15.2 Å². The Bertz CT molecular complexity index is 352. The molecule has 0 amide bonds. The number of rotatable bonds is 6. The molecule has 1 unspecified atom stereocenters. The molecule has 1 atom stereocenters. The normalized spacial score (nSPS) is 12.1. The summed E-state index contributed by atoms with van der Waals surface area (Å²) in [5.41, 5.74) is 0.970. The first-order valence-corrected chi connectivity index (χ1v) is 5.32. The van der Waals surface area contributed by atoms with Gasteiger partial charge in [0.1, 0.15) is 11.8 Å². The topological polar surface area (TPSA) is 58.6 Å². The molecule has 1 rings (SSSR count). The fourth-order valence-electron chi connectivity index (χ4n) is 1.30. The van der Waals surface area contributed by atoms with Gasteiger partial charge in [0.05, 0.1) is 6.61 Å². The molecule has 0 bridgehead atoms. The van der Waals surface area contributed by atoms with Gasteiger partial charge in [-0.2, -0.15) is 0 Å². The third kappa shape index (κ3) is 3.55. The van der Waals surface area contributed by atoms with Crippen molar-refractivity contribution < 1.29 is 14.6 Å². The summed E-state index contributed by atoms with van der Waals surface area (Å²) >= 11 is 0. The van der Waals surface area contributed by atoms with E-state index in [-0.39, 0.29) is 0 Å². The predicted molar refractivity (Wildman–Crippen MR) is 61.5 cm³/mol.